The molecule has 32 heavy (non-hydrogen) atoms. The fourth-order valence-electron chi connectivity index (χ4n) is 3.33. The van der Waals surface area contributed by atoms with Gasteiger partial charge >= 0.3 is 6.18 Å². The van der Waals surface area contributed by atoms with Crippen molar-refractivity contribution in [1.29, 1.82) is 0 Å². The highest BCUT2D eigenvalue weighted by Crippen LogP contribution is 2.37. The minimum absolute atomic E-state index is 0.219. The number of methoxy groups -OCH3 is 1. The number of hydrazine groups is 1. The third-order valence-corrected chi connectivity index (χ3v) is 4.85. The third-order valence-electron chi connectivity index (χ3n) is 4.85. The monoisotopic (exact) mass is 450 g/mol. The van der Waals surface area contributed by atoms with Crippen molar-refractivity contribution in [2.24, 2.45) is 0 Å². The molecule has 0 aromatic heterocycles. The van der Waals surface area contributed by atoms with Crippen molar-refractivity contribution >= 4 is 23.0 Å². The van der Waals surface area contributed by atoms with Gasteiger partial charge in [0, 0.05) is 17.9 Å². The first-order chi connectivity index (χ1) is 15.1. The Kier molecular flexibility index (Phi) is 6.95. The van der Waals surface area contributed by atoms with E-state index in [0.29, 0.717) is 23.5 Å². The Morgan fingerprint density at radius 1 is 1.22 bits per heavy atom. The highest BCUT2D eigenvalue weighted by molar-refractivity contribution is 6.06. The minimum atomic E-state index is -4.76. The van der Waals surface area contributed by atoms with Crippen LogP contribution in [-0.2, 0) is 4.79 Å². The average molecular weight is 450 g/mol. The van der Waals surface area contributed by atoms with Gasteiger partial charge in [-0.05, 0) is 61.4 Å². The van der Waals surface area contributed by atoms with Crippen molar-refractivity contribution in [3.8, 4) is 5.75 Å². The highest BCUT2D eigenvalue weighted by atomic mass is 19.4. The van der Waals surface area contributed by atoms with Gasteiger partial charge in [-0.2, -0.15) is 13.2 Å². The van der Waals surface area contributed by atoms with E-state index in [1.807, 2.05) is 0 Å². The SMILES string of the molecule is CCC(O)Nc1cc(C)cc(NC(=O)C2=C(C(F)(F)F)N(c3ccc(OC)cc3)NC2)c1. The number of aryl methyl sites for hydroxylation is 1. The summed E-state index contributed by atoms with van der Waals surface area (Å²) in [6.45, 7) is 3.28. The molecule has 7 nitrogen and oxygen atoms in total. The van der Waals surface area contributed by atoms with E-state index in [2.05, 4.69) is 16.1 Å². The summed E-state index contributed by atoms with van der Waals surface area (Å²) >= 11 is 0. The number of hydrogen-bond donors (Lipinski definition) is 4. The van der Waals surface area contributed by atoms with Gasteiger partial charge in [0.25, 0.3) is 5.91 Å². The minimum Gasteiger partial charge on any atom is -0.497 e. The van der Waals surface area contributed by atoms with E-state index in [-0.39, 0.29) is 12.2 Å². The molecule has 2 aromatic carbocycles. The Bertz CT molecular complexity index is 1010. The molecule has 172 valence electrons. The number of allylic oxidation sites excluding steroid dienone is 1. The number of amides is 1. The quantitative estimate of drug-likeness (QED) is 0.479. The smallest absolute Gasteiger partial charge is 0.433 e. The van der Waals surface area contributed by atoms with Crippen LogP contribution in [0.2, 0.25) is 0 Å². The Morgan fingerprint density at radius 2 is 1.88 bits per heavy atom. The zero-order chi connectivity index (χ0) is 23.5. The zero-order valence-electron chi connectivity index (χ0n) is 17.9. The van der Waals surface area contributed by atoms with Crippen LogP contribution >= 0.6 is 0 Å². The van der Waals surface area contributed by atoms with Crippen LogP contribution in [0.25, 0.3) is 0 Å². The van der Waals surface area contributed by atoms with Crippen LogP contribution in [0.3, 0.4) is 0 Å². The van der Waals surface area contributed by atoms with Gasteiger partial charge in [0.2, 0.25) is 0 Å². The molecule has 1 aliphatic heterocycles. The number of aliphatic hydroxyl groups excluding tert-OH is 1. The standard InChI is InChI=1S/C22H25F3N4O3/c1-4-19(30)27-14-9-13(2)10-15(11-14)28-21(31)18-12-26-29(20(18)22(23,24)25)16-5-7-17(32-3)8-6-16/h5-11,19,26-27,30H,4,12H2,1-3H3,(H,28,31). The first-order valence-electron chi connectivity index (χ1n) is 9.98. The molecule has 0 fully saturated rings. The van der Waals surface area contributed by atoms with Crippen LogP contribution in [0.15, 0.2) is 53.7 Å². The summed E-state index contributed by atoms with van der Waals surface area (Å²) < 4.78 is 46.8. The van der Waals surface area contributed by atoms with Gasteiger partial charge in [-0.15, -0.1) is 0 Å². The van der Waals surface area contributed by atoms with Crippen LogP contribution in [0.1, 0.15) is 18.9 Å². The number of nitrogens with zero attached hydrogens (tertiary/aromatic N) is 1. The van der Waals surface area contributed by atoms with Crippen molar-refractivity contribution in [3.63, 3.8) is 0 Å². The molecule has 0 saturated heterocycles. The van der Waals surface area contributed by atoms with Crippen molar-refractivity contribution in [3.05, 3.63) is 59.3 Å². The normalized spacial score (nSPS) is 15.0. The number of rotatable bonds is 7. The van der Waals surface area contributed by atoms with Crippen LogP contribution < -0.4 is 25.8 Å². The van der Waals surface area contributed by atoms with E-state index in [9.17, 15) is 23.1 Å². The molecule has 0 saturated carbocycles. The van der Waals surface area contributed by atoms with Gasteiger partial charge in [0.15, 0.2) is 0 Å². The number of benzene rings is 2. The summed E-state index contributed by atoms with van der Waals surface area (Å²) in [5, 5.41) is 16.1. The molecular formula is C22H25F3N4O3. The van der Waals surface area contributed by atoms with Crippen LogP contribution in [0.5, 0.6) is 5.75 Å². The van der Waals surface area contributed by atoms with Crippen LogP contribution in [0.4, 0.5) is 30.2 Å². The van der Waals surface area contributed by atoms with Crippen molar-refractivity contribution in [2.75, 3.05) is 29.3 Å². The summed E-state index contributed by atoms with van der Waals surface area (Å²) in [5.74, 6) is -0.367. The van der Waals surface area contributed by atoms with E-state index in [4.69, 9.17) is 4.74 Å². The number of ether oxygens (including phenoxy) is 1. The second-order valence-electron chi connectivity index (χ2n) is 7.30. The molecule has 1 atom stereocenters. The second kappa shape index (κ2) is 9.49. The number of carbonyl (C=O) groups excluding carboxylic acids is 1. The lowest BCUT2D eigenvalue weighted by Gasteiger charge is -2.24. The predicted molar refractivity (Wildman–Crippen MR) is 116 cm³/mol. The Hall–Kier alpha value is -3.24. The molecule has 1 heterocycles. The number of nitrogens with one attached hydrogen (secondary N) is 3. The first kappa shape index (κ1) is 23.4. The second-order valence-corrected chi connectivity index (χ2v) is 7.30. The van der Waals surface area contributed by atoms with E-state index < -0.39 is 29.6 Å². The molecule has 1 aliphatic rings. The van der Waals surface area contributed by atoms with Gasteiger partial charge in [0.05, 0.1) is 18.4 Å². The molecule has 1 amide bonds. The fraction of sp³-hybridized carbons (Fsp3) is 0.318. The number of halogens is 3. The third kappa shape index (κ3) is 5.32. The molecule has 0 radical (unpaired) electrons. The predicted octanol–water partition coefficient (Wildman–Crippen LogP) is 3.92. The lowest BCUT2D eigenvalue weighted by atomic mass is 10.1. The number of hydrogen-bond acceptors (Lipinski definition) is 6. The average Bonchev–Trinajstić information content (AvgIpc) is 3.19. The molecule has 10 heteroatoms. The molecule has 0 aliphatic carbocycles. The lowest BCUT2D eigenvalue weighted by molar-refractivity contribution is -0.114. The Morgan fingerprint density at radius 3 is 2.47 bits per heavy atom. The summed E-state index contributed by atoms with van der Waals surface area (Å²) in [6.07, 6.45) is -5.08. The van der Waals surface area contributed by atoms with Gasteiger partial charge in [-0.1, -0.05) is 6.92 Å². The van der Waals surface area contributed by atoms with Crippen LogP contribution in [0, 0.1) is 6.92 Å². The molecule has 0 bridgehead atoms. The first-order valence-corrected chi connectivity index (χ1v) is 9.98. The summed E-state index contributed by atoms with van der Waals surface area (Å²) in [6, 6.07) is 11.0. The van der Waals surface area contributed by atoms with E-state index in [0.717, 1.165) is 10.6 Å². The fourth-order valence-corrected chi connectivity index (χ4v) is 3.33. The molecule has 4 N–H and O–H groups in total. The maximum Gasteiger partial charge on any atom is 0.433 e. The van der Waals surface area contributed by atoms with Crippen molar-refractivity contribution < 1.29 is 27.8 Å². The summed E-state index contributed by atoms with van der Waals surface area (Å²) in [5.41, 5.74) is 2.97. The van der Waals surface area contributed by atoms with Gasteiger partial charge < -0.3 is 20.5 Å². The number of alkyl halides is 3. The Balaban J connectivity index is 1.90. The summed E-state index contributed by atoms with van der Waals surface area (Å²) in [7, 11) is 1.46. The number of carbonyl (C=O) groups is 1. The van der Waals surface area contributed by atoms with E-state index in [1.54, 1.807) is 32.0 Å². The topological polar surface area (TPSA) is 85.9 Å². The number of anilines is 3. The van der Waals surface area contributed by atoms with Crippen molar-refractivity contribution in [1.82, 2.24) is 5.43 Å². The largest absolute Gasteiger partial charge is 0.497 e. The van der Waals surface area contributed by atoms with E-state index in [1.165, 1.54) is 31.4 Å². The van der Waals surface area contributed by atoms with Gasteiger partial charge in [0.1, 0.15) is 17.7 Å². The Labute approximate surface area is 183 Å². The molecule has 0 spiro atoms. The zero-order valence-corrected chi connectivity index (χ0v) is 17.9. The van der Waals surface area contributed by atoms with Gasteiger partial charge in [-0.25, -0.2) is 5.43 Å². The molecule has 1 unspecified atom stereocenters. The molecular weight excluding hydrogens is 425 g/mol. The van der Waals surface area contributed by atoms with Crippen LogP contribution in [-0.4, -0.2) is 37.1 Å². The highest BCUT2D eigenvalue weighted by Gasteiger charge is 2.45. The van der Waals surface area contributed by atoms with E-state index >= 15 is 0 Å². The lowest BCUT2D eigenvalue weighted by Crippen LogP contribution is -2.36. The number of aliphatic hydroxyl groups is 1. The van der Waals surface area contributed by atoms with Gasteiger partial charge in [-0.3, -0.25) is 9.80 Å². The maximum atomic E-state index is 13.9. The molecule has 2 aromatic rings. The molecule has 3 rings (SSSR count). The van der Waals surface area contributed by atoms with Crippen molar-refractivity contribution in [2.45, 2.75) is 32.7 Å². The maximum absolute atomic E-state index is 13.9. The summed E-state index contributed by atoms with van der Waals surface area (Å²) in [4.78, 5) is 12.8.